The molecule has 0 aliphatic heterocycles. The maximum absolute atomic E-state index is 12.2. The van der Waals surface area contributed by atoms with Gasteiger partial charge < -0.3 is 15.2 Å². The van der Waals surface area contributed by atoms with Crippen LogP contribution in [0.3, 0.4) is 0 Å². The van der Waals surface area contributed by atoms with Gasteiger partial charge in [0.15, 0.2) is 0 Å². The van der Waals surface area contributed by atoms with Crippen LogP contribution in [0.2, 0.25) is 0 Å². The molecule has 22 heavy (non-hydrogen) atoms. The van der Waals surface area contributed by atoms with E-state index in [-0.39, 0.29) is 0 Å². The minimum absolute atomic E-state index is 0.344. The van der Waals surface area contributed by atoms with E-state index in [1.807, 2.05) is 6.07 Å². The van der Waals surface area contributed by atoms with Crippen LogP contribution in [0.5, 0.6) is 0 Å². The van der Waals surface area contributed by atoms with Gasteiger partial charge in [-0.2, -0.15) is 0 Å². The lowest BCUT2D eigenvalue weighted by Gasteiger charge is -2.15. The van der Waals surface area contributed by atoms with E-state index in [9.17, 15) is 9.59 Å². The Bertz CT molecular complexity index is 655. The van der Waals surface area contributed by atoms with Crippen molar-refractivity contribution in [3.05, 3.63) is 71.3 Å². The summed E-state index contributed by atoms with van der Waals surface area (Å²) >= 11 is 0. The highest BCUT2D eigenvalue weighted by atomic mass is 16.5. The number of methoxy groups -OCH3 is 1. The van der Waals surface area contributed by atoms with Gasteiger partial charge in [0.25, 0.3) is 5.91 Å². The van der Waals surface area contributed by atoms with E-state index in [0.29, 0.717) is 17.7 Å². The first-order chi connectivity index (χ1) is 10.6. The molecule has 2 aromatic carbocycles. The normalized spacial score (nSPS) is 11.7. The first-order valence-corrected chi connectivity index (χ1v) is 6.75. The number of carbonyl (C=O) groups is 2. The number of primary amides is 1. The number of hydrogen-bond donors (Lipinski definition) is 1. The van der Waals surface area contributed by atoms with Gasteiger partial charge in [0.1, 0.15) is 0 Å². The number of hydrogen-bond acceptors (Lipinski definition) is 4. The predicted octanol–water partition coefficient (Wildman–Crippen LogP) is 2.22. The highest BCUT2D eigenvalue weighted by Gasteiger charge is 2.23. The van der Waals surface area contributed by atoms with Crippen LogP contribution in [-0.2, 0) is 20.9 Å². The highest BCUT2D eigenvalue weighted by molar-refractivity contribution is 5.92. The molecule has 0 fully saturated rings. The summed E-state index contributed by atoms with van der Waals surface area (Å²) in [5, 5.41) is 0. The summed E-state index contributed by atoms with van der Waals surface area (Å²) in [4.78, 5) is 23.8. The van der Waals surface area contributed by atoms with Gasteiger partial charge in [0.05, 0.1) is 12.2 Å². The molecule has 0 radical (unpaired) electrons. The monoisotopic (exact) mass is 299 g/mol. The van der Waals surface area contributed by atoms with E-state index in [1.165, 1.54) is 0 Å². The number of carbonyl (C=O) groups excluding carboxylic acids is 2. The van der Waals surface area contributed by atoms with Gasteiger partial charge in [0.2, 0.25) is 6.10 Å². The van der Waals surface area contributed by atoms with Crippen molar-refractivity contribution >= 4 is 11.9 Å². The average Bonchev–Trinajstić information content (AvgIpc) is 2.53. The second-order valence-corrected chi connectivity index (χ2v) is 4.73. The molecule has 2 aromatic rings. The van der Waals surface area contributed by atoms with Crippen molar-refractivity contribution in [2.75, 3.05) is 7.11 Å². The van der Waals surface area contributed by atoms with Gasteiger partial charge >= 0.3 is 5.97 Å². The highest BCUT2D eigenvalue weighted by Crippen LogP contribution is 2.19. The van der Waals surface area contributed by atoms with Gasteiger partial charge in [-0.05, 0) is 17.7 Å². The van der Waals surface area contributed by atoms with Crippen LogP contribution < -0.4 is 5.73 Å². The summed E-state index contributed by atoms with van der Waals surface area (Å²) in [5.74, 6) is -1.32. The van der Waals surface area contributed by atoms with Crippen LogP contribution in [0.4, 0.5) is 0 Å². The van der Waals surface area contributed by atoms with Crippen LogP contribution in [0.25, 0.3) is 0 Å². The summed E-state index contributed by atoms with van der Waals surface area (Å²) in [6.07, 6.45) is -1.11. The largest absolute Gasteiger partial charge is 0.444 e. The third-order valence-electron chi connectivity index (χ3n) is 3.06. The molecule has 114 valence electrons. The lowest BCUT2D eigenvalue weighted by atomic mass is 10.1. The van der Waals surface area contributed by atoms with Crippen molar-refractivity contribution in [2.45, 2.75) is 12.7 Å². The number of amides is 1. The first-order valence-electron chi connectivity index (χ1n) is 6.75. The predicted molar refractivity (Wildman–Crippen MR) is 80.9 cm³/mol. The molecule has 0 saturated heterocycles. The molecule has 0 bridgehead atoms. The fraction of sp³-hybridized carbons (Fsp3) is 0.176. The van der Waals surface area contributed by atoms with E-state index in [1.54, 1.807) is 55.6 Å². The first kappa shape index (κ1) is 15.7. The molecule has 1 atom stereocenters. The molecule has 1 amide bonds. The molecule has 5 nitrogen and oxygen atoms in total. The Balaban J connectivity index is 2.18. The van der Waals surface area contributed by atoms with Gasteiger partial charge in [-0.3, -0.25) is 4.79 Å². The lowest BCUT2D eigenvalue weighted by molar-refractivity contribution is -0.127. The number of esters is 1. The molecule has 0 unspecified atom stereocenters. The molecule has 0 aromatic heterocycles. The van der Waals surface area contributed by atoms with E-state index in [0.717, 1.165) is 5.56 Å². The van der Waals surface area contributed by atoms with Crippen molar-refractivity contribution in [3.8, 4) is 0 Å². The number of rotatable bonds is 6. The van der Waals surface area contributed by atoms with E-state index in [4.69, 9.17) is 15.2 Å². The van der Waals surface area contributed by atoms with Crippen LogP contribution in [0.15, 0.2) is 54.6 Å². The smallest absolute Gasteiger partial charge is 0.339 e. The third kappa shape index (κ3) is 3.93. The van der Waals surface area contributed by atoms with Crippen molar-refractivity contribution in [1.29, 1.82) is 0 Å². The standard InChI is InChI=1S/C17H17NO4/c1-21-11-12-6-5-9-14(10-12)17(20)22-15(16(18)19)13-7-3-2-4-8-13/h2-10,15H,11H2,1H3,(H2,18,19)/t15-/m1/s1. The fourth-order valence-electron chi connectivity index (χ4n) is 2.05. The maximum Gasteiger partial charge on any atom is 0.339 e. The van der Waals surface area contributed by atoms with Crippen LogP contribution >= 0.6 is 0 Å². The summed E-state index contributed by atoms with van der Waals surface area (Å²) in [7, 11) is 1.57. The van der Waals surface area contributed by atoms with E-state index in [2.05, 4.69) is 0 Å². The number of ether oxygens (including phenoxy) is 2. The molecule has 0 aliphatic rings. The topological polar surface area (TPSA) is 78.6 Å². The van der Waals surface area contributed by atoms with Crippen molar-refractivity contribution < 1.29 is 19.1 Å². The second kappa shape index (κ2) is 7.38. The molecule has 2 N–H and O–H groups in total. The Morgan fingerprint density at radius 2 is 1.82 bits per heavy atom. The zero-order valence-corrected chi connectivity index (χ0v) is 12.2. The summed E-state index contributed by atoms with van der Waals surface area (Å²) in [6.45, 7) is 0.388. The van der Waals surface area contributed by atoms with Crippen molar-refractivity contribution in [2.24, 2.45) is 5.73 Å². The molecule has 0 spiro atoms. The molecule has 0 saturated carbocycles. The van der Waals surface area contributed by atoms with E-state index < -0.39 is 18.0 Å². The van der Waals surface area contributed by atoms with Gasteiger partial charge in [-0.15, -0.1) is 0 Å². The van der Waals surface area contributed by atoms with Crippen molar-refractivity contribution in [1.82, 2.24) is 0 Å². The second-order valence-electron chi connectivity index (χ2n) is 4.73. The molecule has 0 aliphatic carbocycles. The SMILES string of the molecule is COCc1cccc(C(=O)O[C@@H](C(N)=O)c2ccccc2)c1. The number of nitrogens with two attached hydrogens (primary N) is 1. The van der Waals surface area contributed by atoms with Crippen LogP contribution in [0.1, 0.15) is 27.6 Å². The van der Waals surface area contributed by atoms with Gasteiger partial charge in [0, 0.05) is 12.7 Å². The minimum Gasteiger partial charge on any atom is -0.444 e. The Morgan fingerprint density at radius 3 is 2.45 bits per heavy atom. The molecular formula is C17H17NO4. The summed E-state index contributed by atoms with van der Waals surface area (Å²) < 4.78 is 10.3. The summed E-state index contributed by atoms with van der Waals surface area (Å²) in [5.41, 5.74) is 7.06. The Morgan fingerprint density at radius 1 is 1.09 bits per heavy atom. The fourth-order valence-corrected chi connectivity index (χ4v) is 2.05. The number of benzene rings is 2. The zero-order chi connectivity index (χ0) is 15.9. The lowest BCUT2D eigenvalue weighted by Crippen LogP contribution is -2.26. The Kier molecular flexibility index (Phi) is 5.27. The average molecular weight is 299 g/mol. The zero-order valence-electron chi connectivity index (χ0n) is 12.2. The third-order valence-corrected chi connectivity index (χ3v) is 3.06. The Hall–Kier alpha value is -2.66. The minimum atomic E-state index is -1.11. The van der Waals surface area contributed by atoms with Crippen LogP contribution in [0, 0.1) is 0 Å². The van der Waals surface area contributed by atoms with E-state index >= 15 is 0 Å². The van der Waals surface area contributed by atoms with Gasteiger partial charge in [-0.25, -0.2) is 4.79 Å². The van der Waals surface area contributed by atoms with Crippen LogP contribution in [-0.4, -0.2) is 19.0 Å². The van der Waals surface area contributed by atoms with Crippen molar-refractivity contribution in [3.63, 3.8) is 0 Å². The Labute approximate surface area is 128 Å². The quantitative estimate of drug-likeness (QED) is 0.829. The molecule has 5 heteroatoms. The summed E-state index contributed by atoms with van der Waals surface area (Å²) in [6, 6.07) is 15.5. The van der Waals surface area contributed by atoms with Gasteiger partial charge in [-0.1, -0.05) is 42.5 Å². The molecular weight excluding hydrogens is 282 g/mol. The maximum atomic E-state index is 12.2. The molecule has 0 heterocycles. The molecule has 2 rings (SSSR count).